The second-order valence-electron chi connectivity index (χ2n) is 1.67. The lowest BCUT2D eigenvalue weighted by Gasteiger charge is -1.96. The van der Waals surface area contributed by atoms with Crippen LogP contribution in [0.5, 0.6) is 0 Å². The summed E-state index contributed by atoms with van der Waals surface area (Å²) in [6, 6.07) is 0. The second kappa shape index (κ2) is 5.76. The molecule has 0 aliphatic carbocycles. The number of nitrogens with zero attached hydrogens (tertiary/aromatic N) is 3. The van der Waals surface area contributed by atoms with E-state index < -0.39 is 0 Å². The summed E-state index contributed by atoms with van der Waals surface area (Å²) in [6.45, 7) is 0.219. The van der Waals surface area contributed by atoms with Gasteiger partial charge in [0.15, 0.2) is 0 Å². The van der Waals surface area contributed by atoms with E-state index in [0.29, 0.717) is 5.82 Å². The average molecular weight is 213 g/mol. The van der Waals surface area contributed by atoms with Gasteiger partial charge in [-0.3, -0.25) is 0 Å². The Morgan fingerprint density at radius 1 is 0.917 bits per heavy atom. The average Bonchev–Trinajstić information content (AvgIpc) is 1.85. The Kier molecular flexibility index (Phi) is 6.58. The predicted molar refractivity (Wildman–Crippen MR) is 51.0 cm³/mol. The van der Waals surface area contributed by atoms with Gasteiger partial charge < -0.3 is 17.2 Å². The summed E-state index contributed by atoms with van der Waals surface area (Å²) in [7, 11) is 0. The lowest BCUT2D eigenvalue weighted by Crippen LogP contribution is -2.09. The molecule has 1 heterocycles. The van der Waals surface area contributed by atoms with Crippen LogP contribution in [0.3, 0.4) is 0 Å². The molecular formula is C4H10Cl2N6. The summed E-state index contributed by atoms with van der Waals surface area (Å²) in [5.41, 5.74) is 15.7. The summed E-state index contributed by atoms with van der Waals surface area (Å²) in [5.74, 6) is 0.617. The Labute approximate surface area is 81.8 Å². The highest BCUT2D eigenvalue weighted by atomic mass is 35.5. The quantitative estimate of drug-likeness (QED) is 0.570. The molecule has 0 fully saturated rings. The molecule has 0 saturated heterocycles. The molecule has 0 saturated carbocycles. The third-order valence-electron chi connectivity index (χ3n) is 0.899. The van der Waals surface area contributed by atoms with Crippen molar-refractivity contribution in [1.82, 2.24) is 15.0 Å². The molecule has 0 bridgehead atoms. The van der Waals surface area contributed by atoms with E-state index in [2.05, 4.69) is 15.0 Å². The van der Waals surface area contributed by atoms with Crippen molar-refractivity contribution in [2.45, 2.75) is 6.54 Å². The molecule has 8 heteroatoms. The van der Waals surface area contributed by atoms with E-state index in [4.69, 9.17) is 17.2 Å². The SMILES string of the molecule is Cl.Cl.NCc1nc(N)nc(N)n1. The van der Waals surface area contributed by atoms with Crippen molar-refractivity contribution in [2.24, 2.45) is 5.73 Å². The minimum Gasteiger partial charge on any atom is -0.368 e. The van der Waals surface area contributed by atoms with Crippen LogP contribution in [0.4, 0.5) is 11.9 Å². The van der Waals surface area contributed by atoms with Crippen molar-refractivity contribution in [3.05, 3.63) is 5.82 Å². The summed E-state index contributed by atoms with van der Waals surface area (Å²) in [6.07, 6.45) is 0. The van der Waals surface area contributed by atoms with Crippen LogP contribution < -0.4 is 17.2 Å². The van der Waals surface area contributed by atoms with Gasteiger partial charge in [0.05, 0.1) is 6.54 Å². The van der Waals surface area contributed by atoms with Crippen molar-refractivity contribution in [2.75, 3.05) is 11.5 Å². The van der Waals surface area contributed by atoms with E-state index in [-0.39, 0.29) is 43.3 Å². The van der Waals surface area contributed by atoms with Gasteiger partial charge in [0.2, 0.25) is 11.9 Å². The van der Waals surface area contributed by atoms with E-state index in [1.165, 1.54) is 0 Å². The second-order valence-corrected chi connectivity index (χ2v) is 1.67. The summed E-state index contributed by atoms with van der Waals surface area (Å²) in [5, 5.41) is 0. The molecule has 1 aromatic rings. The maximum absolute atomic E-state index is 5.24. The smallest absolute Gasteiger partial charge is 0.225 e. The van der Waals surface area contributed by atoms with Crippen LogP contribution >= 0.6 is 24.8 Å². The molecule has 0 atom stereocenters. The van der Waals surface area contributed by atoms with E-state index in [1.807, 2.05) is 0 Å². The Hall–Kier alpha value is -0.850. The summed E-state index contributed by atoms with van der Waals surface area (Å²) in [4.78, 5) is 11.0. The maximum atomic E-state index is 5.24. The molecule has 0 unspecified atom stereocenters. The molecule has 6 N–H and O–H groups in total. The van der Waals surface area contributed by atoms with Crippen molar-refractivity contribution in [1.29, 1.82) is 0 Å². The van der Waals surface area contributed by atoms with E-state index in [1.54, 1.807) is 0 Å². The molecular weight excluding hydrogens is 203 g/mol. The van der Waals surface area contributed by atoms with Gasteiger partial charge in [-0.1, -0.05) is 0 Å². The molecule has 0 aliphatic heterocycles. The molecule has 0 aromatic carbocycles. The third-order valence-corrected chi connectivity index (χ3v) is 0.899. The number of nitrogen functional groups attached to an aromatic ring is 2. The topological polar surface area (TPSA) is 117 Å². The predicted octanol–water partition coefficient (Wildman–Crippen LogP) is -0.662. The van der Waals surface area contributed by atoms with Crippen LogP contribution in [-0.2, 0) is 6.54 Å². The maximum Gasteiger partial charge on any atom is 0.225 e. The highest BCUT2D eigenvalue weighted by Gasteiger charge is 1.97. The molecule has 1 rings (SSSR count). The Bertz CT molecular complexity index is 221. The van der Waals surface area contributed by atoms with Gasteiger partial charge in [-0.25, -0.2) is 0 Å². The van der Waals surface area contributed by atoms with E-state index >= 15 is 0 Å². The first kappa shape index (κ1) is 13.7. The lowest BCUT2D eigenvalue weighted by atomic mass is 10.6. The standard InChI is InChI=1S/C4H8N6.2ClH/c5-1-2-8-3(6)10-4(7)9-2;;/h1,5H2,(H4,6,7,8,9,10);2*1H. The van der Waals surface area contributed by atoms with Gasteiger partial charge in [0, 0.05) is 0 Å². The molecule has 12 heavy (non-hydrogen) atoms. The number of anilines is 2. The van der Waals surface area contributed by atoms with Crippen molar-refractivity contribution < 1.29 is 0 Å². The fourth-order valence-electron chi connectivity index (χ4n) is 0.548. The third kappa shape index (κ3) is 3.51. The zero-order valence-electron chi connectivity index (χ0n) is 6.10. The summed E-state index contributed by atoms with van der Waals surface area (Å²) < 4.78 is 0. The van der Waals surface area contributed by atoms with Gasteiger partial charge in [-0.2, -0.15) is 15.0 Å². The number of aromatic nitrogens is 3. The Morgan fingerprint density at radius 2 is 1.33 bits per heavy atom. The fourth-order valence-corrected chi connectivity index (χ4v) is 0.548. The highest BCUT2D eigenvalue weighted by molar-refractivity contribution is 5.85. The number of halogens is 2. The van der Waals surface area contributed by atoms with Gasteiger partial charge in [0.1, 0.15) is 5.82 Å². The first-order chi connectivity index (χ1) is 4.72. The van der Waals surface area contributed by atoms with Crippen LogP contribution in [0.2, 0.25) is 0 Å². The molecule has 0 amide bonds. The monoisotopic (exact) mass is 212 g/mol. The highest BCUT2D eigenvalue weighted by Crippen LogP contribution is 1.96. The molecule has 0 spiro atoms. The van der Waals surface area contributed by atoms with E-state index in [0.717, 1.165) is 0 Å². The largest absolute Gasteiger partial charge is 0.368 e. The van der Waals surface area contributed by atoms with Crippen LogP contribution in [0.15, 0.2) is 0 Å². The van der Waals surface area contributed by atoms with Crippen LogP contribution in [0, 0.1) is 0 Å². The minimum absolute atomic E-state index is 0. The Morgan fingerprint density at radius 3 is 1.67 bits per heavy atom. The van der Waals surface area contributed by atoms with Gasteiger partial charge in [0.25, 0.3) is 0 Å². The van der Waals surface area contributed by atoms with Gasteiger partial charge in [-0.15, -0.1) is 24.8 Å². The van der Waals surface area contributed by atoms with Gasteiger partial charge in [-0.05, 0) is 0 Å². The van der Waals surface area contributed by atoms with Crippen LogP contribution in [-0.4, -0.2) is 15.0 Å². The van der Waals surface area contributed by atoms with E-state index in [9.17, 15) is 0 Å². The Balaban J connectivity index is 0. The van der Waals surface area contributed by atoms with Crippen molar-refractivity contribution in [3.63, 3.8) is 0 Å². The minimum atomic E-state index is 0. The van der Waals surface area contributed by atoms with Crippen LogP contribution in [0.25, 0.3) is 0 Å². The molecule has 0 radical (unpaired) electrons. The zero-order valence-corrected chi connectivity index (χ0v) is 7.73. The molecule has 70 valence electrons. The molecule has 1 aromatic heterocycles. The normalized spacial score (nSPS) is 8.08. The lowest BCUT2D eigenvalue weighted by molar-refractivity contribution is 0.891. The van der Waals surface area contributed by atoms with Crippen LogP contribution in [0.1, 0.15) is 5.82 Å². The van der Waals surface area contributed by atoms with Crippen molar-refractivity contribution >= 4 is 36.7 Å². The molecule has 6 nitrogen and oxygen atoms in total. The number of rotatable bonds is 1. The fraction of sp³-hybridized carbons (Fsp3) is 0.250. The molecule has 0 aliphatic rings. The number of hydrogen-bond acceptors (Lipinski definition) is 6. The zero-order chi connectivity index (χ0) is 7.56. The number of nitrogens with two attached hydrogens (primary N) is 3. The first-order valence-electron chi connectivity index (χ1n) is 2.68. The number of hydrogen-bond donors (Lipinski definition) is 3. The van der Waals surface area contributed by atoms with Crippen molar-refractivity contribution in [3.8, 4) is 0 Å². The van der Waals surface area contributed by atoms with Gasteiger partial charge >= 0.3 is 0 Å². The summed E-state index contributed by atoms with van der Waals surface area (Å²) >= 11 is 0. The first-order valence-corrected chi connectivity index (χ1v) is 2.68.